The van der Waals surface area contributed by atoms with E-state index in [-0.39, 0.29) is 17.4 Å². The molecular formula is C29H33N3O3. The molecule has 6 nitrogen and oxygen atoms in total. The maximum Gasteiger partial charge on any atom is 0.339 e. The minimum absolute atomic E-state index is 0.0887. The normalized spacial score (nSPS) is 11.2. The highest BCUT2D eigenvalue weighted by atomic mass is 16.6. The van der Waals surface area contributed by atoms with Gasteiger partial charge in [-0.25, -0.2) is 9.78 Å². The van der Waals surface area contributed by atoms with E-state index in [0.29, 0.717) is 37.1 Å². The third-order valence-electron chi connectivity index (χ3n) is 5.52. The Morgan fingerprint density at radius 2 is 1.71 bits per heavy atom. The number of esters is 1. The highest BCUT2D eigenvalue weighted by molar-refractivity contribution is 5.97. The van der Waals surface area contributed by atoms with Crippen LogP contribution >= 0.6 is 0 Å². The summed E-state index contributed by atoms with van der Waals surface area (Å²) < 4.78 is 7.44. The number of nitrogens with zero attached hydrogens (tertiary/aromatic N) is 3. The Morgan fingerprint density at radius 1 is 1.03 bits per heavy atom. The van der Waals surface area contributed by atoms with Crippen molar-refractivity contribution in [3.05, 3.63) is 76.9 Å². The zero-order valence-corrected chi connectivity index (χ0v) is 21.2. The monoisotopic (exact) mass is 471 g/mol. The fourth-order valence-corrected chi connectivity index (χ4v) is 3.96. The molecule has 0 unspecified atom stereocenters. The highest BCUT2D eigenvalue weighted by Crippen LogP contribution is 2.27. The van der Waals surface area contributed by atoms with Crippen LogP contribution in [0.15, 0.2) is 48.5 Å². The number of ketones is 1. The largest absolute Gasteiger partial charge is 0.456 e. The van der Waals surface area contributed by atoms with Crippen molar-refractivity contribution in [2.24, 2.45) is 0 Å². The van der Waals surface area contributed by atoms with E-state index in [1.807, 2.05) is 74.7 Å². The zero-order chi connectivity index (χ0) is 25.6. The number of carbonyl (C=O) groups is 2. The van der Waals surface area contributed by atoms with Crippen LogP contribution in [0.5, 0.6) is 0 Å². The average molecular weight is 472 g/mol. The summed E-state index contributed by atoms with van der Waals surface area (Å²) in [6.45, 7) is 9.98. The lowest BCUT2D eigenvalue weighted by atomic mass is 9.98. The Bertz CT molecular complexity index is 1240. The lowest BCUT2D eigenvalue weighted by Gasteiger charge is -2.20. The number of ether oxygens (including phenoxy) is 1. The van der Waals surface area contributed by atoms with Crippen molar-refractivity contribution in [2.75, 3.05) is 0 Å². The molecule has 0 spiro atoms. The van der Waals surface area contributed by atoms with E-state index in [4.69, 9.17) is 4.74 Å². The van der Waals surface area contributed by atoms with Crippen LogP contribution < -0.4 is 0 Å². The van der Waals surface area contributed by atoms with Crippen LogP contribution in [0.1, 0.15) is 91.8 Å². The molecule has 3 rings (SSSR count). The van der Waals surface area contributed by atoms with Gasteiger partial charge in [0.25, 0.3) is 0 Å². The van der Waals surface area contributed by atoms with Gasteiger partial charge >= 0.3 is 5.97 Å². The van der Waals surface area contributed by atoms with Gasteiger partial charge in [0.2, 0.25) is 0 Å². The van der Waals surface area contributed by atoms with E-state index in [1.54, 1.807) is 6.07 Å². The van der Waals surface area contributed by atoms with Gasteiger partial charge in [-0.1, -0.05) is 56.3 Å². The molecule has 0 radical (unpaired) electrons. The number of hydrogen-bond acceptors (Lipinski definition) is 5. The summed E-state index contributed by atoms with van der Waals surface area (Å²) >= 11 is 0. The second-order valence-electron chi connectivity index (χ2n) is 9.59. The molecule has 6 heteroatoms. The molecule has 0 saturated heterocycles. The Morgan fingerprint density at radius 3 is 2.31 bits per heavy atom. The van der Waals surface area contributed by atoms with E-state index in [0.717, 1.165) is 28.9 Å². The summed E-state index contributed by atoms with van der Waals surface area (Å²) in [6, 6.07) is 17.5. The first kappa shape index (κ1) is 25.9. The number of nitriles is 1. The molecule has 0 saturated carbocycles. The lowest BCUT2D eigenvalue weighted by Crippen LogP contribution is -2.24. The second-order valence-corrected chi connectivity index (χ2v) is 9.59. The van der Waals surface area contributed by atoms with Gasteiger partial charge in [-0.3, -0.25) is 4.79 Å². The second kappa shape index (κ2) is 11.1. The number of hydrogen-bond donors (Lipinski definition) is 0. The minimum atomic E-state index is -0.579. The minimum Gasteiger partial charge on any atom is -0.456 e. The number of benzene rings is 2. The summed E-state index contributed by atoms with van der Waals surface area (Å²) in [6.07, 6.45) is 2.65. The fraction of sp³-hybridized carbons (Fsp3) is 0.379. The molecule has 0 amide bonds. The number of aromatic nitrogens is 2. The van der Waals surface area contributed by atoms with Crippen molar-refractivity contribution < 1.29 is 14.3 Å². The smallest absolute Gasteiger partial charge is 0.339 e. The van der Waals surface area contributed by atoms with Gasteiger partial charge in [-0.2, -0.15) is 5.26 Å². The molecule has 0 atom stereocenters. The average Bonchev–Trinajstić information content (AvgIpc) is 3.16. The van der Waals surface area contributed by atoms with Crippen molar-refractivity contribution in [1.29, 1.82) is 5.26 Å². The number of carbonyl (C=O) groups excluding carboxylic acids is 2. The Hall–Kier alpha value is -3.72. The van der Waals surface area contributed by atoms with Crippen LogP contribution in [-0.2, 0) is 17.7 Å². The highest BCUT2D eigenvalue weighted by Gasteiger charge is 2.23. The SMILES string of the molecule is CCCC(=O)c1nc(CCC)n(Cc2ccc(-c3ccccc3C(=O)OC(C)(C)C)cc2)c1C#N. The van der Waals surface area contributed by atoms with Crippen LogP contribution in [0.4, 0.5) is 0 Å². The van der Waals surface area contributed by atoms with Crippen LogP contribution in [0.2, 0.25) is 0 Å². The molecule has 0 bridgehead atoms. The van der Waals surface area contributed by atoms with Crippen LogP contribution in [-0.4, -0.2) is 26.9 Å². The predicted octanol–water partition coefficient (Wildman–Crippen LogP) is 6.36. The molecular weight excluding hydrogens is 438 g/mol. The quantitative estimate of drug-likeness (QED) is 0.268. The number of imidazole rings is 1. The summed E-state index contributed by atoms with van der Waals surface area (Å²) in [5, 5.41) is 9.82. The maximum absolute atomic E-state index is 12.7. The molecule has 182 valence electrons. The van der Waals surface area contributed by atoms with Crippen LogP contribution in [0, 0.1) is 11.3 Å². The molecule has 0 fully saturated rings. The van der Waals surface area contributed by atoms with Crippen molar-refractivity contribution in [3.63, 3.8) is 0 Å². The Labute approximate surface area is 207 Å². The molecule has 0 aliphatic rings. The van der Waals surface area contributed by atoms with Gasteiger partial charge in [0, 0.05) is 12.8 Å². The van der Waals surface area contributed by atoms with Gasteiger partial charge < -0.3 is 9.30 Å². The summed E-state index contributed by atoms with van der Waals surface area (Å²) in [4.78, 5) is 29.9. The Balaban J connectivity index is 1.93. The van der Waals surface area contributed by atoms with Gasteiger partial charge in [-0.05, 0) is 56.4 Å². The van der Waals surface area contributed by atoms with E-state index in [9.17, 15) is 14.9 Å². The van der Waals surface area contributed by atoms with Gasteiger partial charge in [0.05, 0.1) is 12.1 Å². The summed E-state index contributed by atoms with van der Waals surface area (Å²) in [5.41, 5.74) is 3.21. The molecule has 35 heavy (non-hydrogen) atoms. The fourth-order valence-electron chi connectivity index (χ4n) is 3.96. The molecule has 2 aromatic carbocycles. The van der Waals surface area contributed by atoms with Crippen LogP contribution in [0.25, 0.3) is 11.1 Å². The first-order valence-electron chi connectivity index (χ1n) is 12.1. The van der Waals surface area contributed by atoms with Crippen molar-refractivity contribution >= 4 is 11.8 Å². The Kier molecular flexibility index (Phi) is 8.24. The standard InChI is InChI=1S/C29H33N3O3/c1-6-10-25(33)27-24(18-30)32(26(31-27)11-7-2)19-20-14-16-21(17-15-20)22-12-8-9-13-23(22)28(34)35-29(3,4)5/h8-9,12-17H,6-7,10-11,19H2,1-5H3. The van der Waals surface area contributed by atoms with Gasteiger partial charge in [0.15, 0.2) is 11.5 Å². The van der Waals surface area contributed by atoms with Crippen molar-refractivity contribution in [1.82, 2.24) is 9.55 Å². The lowest BCUT2D eigenvalue weighted by molar-refractivity contribution is 0.00703. The molecule has 1 aromatic heterocycles. The number of Topliss-reactive ketones (excluding diaryl/α,β-unsaturated/α-hetero) is 1. The zero-order valence-electron chi connectivity index (χ0n) is 21.2. The first-order valence-corrected chi connectivity index (χ1v) is 12.1. The third-order valence-corrected chi connectivity index (χ3v) is 5.52. The number of rotatable bonds is 9. The van der Waals surface area contributed by atoms with E-state index < -0.39 is 5.60 Å². The molecule has 1 heterocycles. The molecule has 0 aliphatic carbocycles. The van der Waals surface area contributed by atoms with Gasteiger partial charge in [0.1, 0.15) is 23.2 Å². The van der Waals surface area contributed by atoms with Crippen molar-refractivity contribution in [3.8, 4) is 17.2 Å². The third kappa shape index (κ3) is 6.24. The van der Waals surface area contributed by atoms with E-state index in [2.05, 4.69) is 18.0 Å². The van der Waals surface area contributed by atoms with Crippen LogP contribution in [0.3, 0.4) is 0 Å². The molecule has 0 aliphatic heterocycles. The summed E-state index contributed by atoms with van der Waals surface area (Å²) in [7, 11) is 0. The topological polar surface area (TPSA) is 85.0 Å². The van der Waals surface area contributed by atoms with Gasteiger partial charge in [-0.15, -0.1) is 0 Å². The molecule has 0 N–H and O–H groups in total. The molecule has 3 aromatic rings. The predicted molar refractivity (Wildman–Crippen MR) is 136 cm³/mol. The summed E-state index contributed by atoms with van der Waals surface area (Å²) in [5.74, 6) is 0.305. The van der Waals surface area contributed by atoms with E-state index >= 15 is 0 Å². The van der Waals surface area contributed by atoms with Crippen molar-refractivity contribution in [2.45, 2.75) is 72.4 Å². The number of aryl methyl sites for hydroxylation is 1. The maximum atomic E-state index is 12.7. The first-order chi connectivity index (χ1) is 16.7. The van der Waals surface area contributed by atoms with E-state index in [1.165, 1.54) is 0 Å².